The van der Waals surface area contributed by atoms with Gasteiger partial charge in [0.05, 0.1) is 36.2 Å². The number of aromatic amines is 1. The number of H-pyrrole nitrogens is 1. The summed E-state index contributed by atoms with van der Waals surface area (Å²) in [5.74, 6) is 1.12. The molecule has 0 saturated carbocycles. The highest BCUT2D eigenvalue weighted by atomic mass is 32.1. The Morgan fingerprint density at radius 2 is 2.21 bits per heavy atom. The number of hydrogen-bond acceptors (Lipinski definition) is 7. The van der Waals surface area contributed by atoms with E-state index in [9.17, 15) is 4.79 Å². The Bertz CT molecular complexity index is 1070. The van der Waals surface area contributed by atoms with Gasteiger partial charge < -0.3 is 15.4 Å². The first kappa shape index (κ1) is 17.5. The third-order valence-electron chi connectivity index (χ3n) is 4.98. The van der Waals surface area contributed by atoms with Gasteiger partial charge in [-0.25, -0.2) is 14.5 Å². The number of hydrogen-bond donors (Lipinski definition) is 3. The average Bonchev–Trinajstić information content (AvgIpc) is 3.37. The summed E-state index contributed by atoms with van der Waals surface area (Å²) in [6.45, 7) is 3.59. The van der Waals surface area contributed by atoms with Crippen LogP contribution in [0.5, 0.6) is 0 Å². The third kappa shape index (κ3) is 3.32. The highest BCUT2D eigenvalue weighted by Gasteiger charge is 2.27. The van der Waals surface area contributed by atoms with E-state index in [-0.39, 0.29) is 11.6 Å². The zero-order chi connectivity index (χ0) is 18.9. The van der Waals surface area contributed by atoms with Crippen molar-refractivity contribution in [2.75, 3.05) is 38.2 Å². The number of rotatable bonds is 4. The minimum absolute atomic E-state index is 0.183. The summed E-state index contributed by atoms with van der Waals surface area (Å²) >= 11 is 1.51. The second-order valence-electron chi connectivity index (χ2n) is 6.88. The summed E-state index contributed by atoms with van der Waals surface area (Å²) in [5.41, 5.74) is 1.21. The van der Waals surface area contributed by atoms with Crippen LogP contribution in [0.15, 0.2) is 29.1 Å². The Morgan fingerprint density at radius 1 is 1.29 bits per heavy atom. The number of ether oxygens (including phenoxy) is 1. The first-order valence-electron chi connectivity index (χ1n) is 9.43. The molecule has 2 aromatic heterocycles. The van der Waals surface area contributed by atoms with Crippen LogP contribution in [-0.4, -0.2) is 64.6 Å². The van der Waals surface area contributed by atoms with Gasteiger partial charge in [-0.1, -0.05) is 17.1 Å². The molecule has 2 aliphatic heterocycles. The molecule has 4 heterocycles. The van der Waals surface area contributed by atoms with E-state index in [0.29, 0.717) is 42.1 Å². The van der Waals surface area contributed by atoms with E-state index in [1.54, 1.807) is 0 Å². The number of benzene rings is 1. The first-order valence-corrected chi connectivity index (χ1v) is 10.2. The lowest BCUT2D eigenvalue weighted by molar-refractivity contribution is -0.458. The number of nitrogens with one attached hydrogen (secondary N) is 3. The molecule has 5 rings (SSSR count). The normalized spacial score (nSPS) is 19.7. The second kappa shape index (κ2) is 7.42. The van der Waals surface area contributed by atoms with E-state index < -0.39 is 0 Å². The van der Waals surface area contributed by atoms with Crippen molar-refractivity contribution in [1.82, 2.24) is 20.3 Å². The Labute approximate surface area is 165 Å². The molecule has 2 aliphatic rings. The van der Waals surface area contributed by atoms with Gasteiger partial charge >= 0.3 is 11.5 Å². The van der Waals surface area contributed by atoms with Gasteiger partial charge in [0.1, 0.15) is 5.01 Å². The summed E-state index contributed by atoms with van der Waals surface area (Å²) in [5, 5.41) is 7.50. The largest absolute Gasteiger partial charge is 0.401 e. The zero-order valence-electron chi connectivity index (χ0n) is 15.3. The lowest BCUT2D eigenvalue weighted by Gasteiger charge is -2.14. The predicted octanol–water partition coefficient (Wildman–Crippen LogP) is 1.57. The van der Waals surface area contributed by atoms with Crippen LogP contribution in [0.3, 0.4) is 0 Å². The third-order valence-corrected chi connectivity index (χ3v) is 6.03. The molecule has 0 radical (unpaired) electrons. The predicted molar refractivity (Wildman–Crippen MR) is 110 cm³/mol. The van der Waals surface area contributed by atoms with Crippen LogP contribution in [0.4, 0.5) is 11.8 Å². The fraction of sp³-hybridized carbons (Fsp3) is 0.368. The van der Waals surface area contributed by atoms with E-state index in [1.165, 1.54) is 11.3 Å². The van der Waals surface area contributed by atoms with Crippen molar-refractivity contribution in [3.63, 3.8) is 0 Å². The molecule has 1 saturated heterocycles. The van der Waals surface area contributed by atoms with Gasteiger partial charge in [-0.15, -0.1) is 11.3 Å². The molecule has 0 spiro atoms. The maximum atomic E-state index is 13.1. The van der Waals surface area contributed by atoms with Gasteiger partial charge in [0.2, 0.25) is 5.82 Å². The van der Waals surface area contributed by atoms with Crippen molar-refractivity contribution in [3.8, 4) is 10.6 Å². The fourth-order valence-corrected chi connectivity index (χ4v) is 4.53. The van der Waals surface area contributed by atoms with Crippen molar-refractivity contribution >= 4 is 39.5 Å². The molecule has 0 bridgehead atoms. The monoisotopic (exact) mass is 397 g/mol. The van der Waals surface area contributed by atoms with Gasteiger partial charge in [0.15, 0.2) is 5.56 Å². The molecule has 144 valence electrons. The Balaban J connectivity index is 1.63. The minimum atomic E-state index is -0.183. The topological polar surface area (TPSA) is 94.9 Å². The van der Waals surface area contributed by atoms with Gasteiger partial charge in [0.25, 0.3) is 0 Å². The molecule has 1 atom stereocenters. The van der Waals surface area contributed by atoms with Crippen LogP contribution in [0.2, 0.25) is 0 Å². The van der Waals surface area contributed by atoms with E-state index >= 15 is 0 Å². The highest BCUT2D eigenvalue weighted by Crippen LogP contribution is 2.32. The van der Waals surface area contributed by atoms with E-state index in [2.05, 4.69) is 20.6 Å². The van der Waals surface area contributed by atoms with Crippen molar-refractivity contribution in [2.45, 2.75) is 12.5 Å². The maximum Gasteiger partial charge on any atom is 0.401 e. The molecular weight excluding hydrogens is 376 g/mol. The lowest BCUT2D eigenvalue weighted by Crippen LogP contribution is -2.29. The maximum absolute atomic E-state index is 13.1. The second-order valence-corrected chi connectivity index (χ2v) is 7.92. The molecule has 1 aromatic carbocycles. The van der Waals surface area contributed by atoms with Crippen LogP contribution in [-0.2, 0) is 4.74 Å². The zero-order valence-corrected chi connectivity index (χ0v) is 16.1. The summed E-state index contributed by atoms with van der Waals surface area (Å²) < 4.78 is 8.35. The first-order chi connectivity index (χ1) is 13.8. The van der Waals surface area contributed by atoms with Crippen molar-refractivity contribution < 1.29 is 9.31 Å². The van der Waals surface area contributed by atoms with Crippen molar-refractivity contribution in [2.24, 2.45) is 0 Å². The number of para-hydroxylation sites is 1. The van der Waals surface area contributed by atoms with Gasteiger partial charge in [-0.2, -0.15) is 0 Å². The summed E-state index contributed by atoms with van der Waals surface area (Å²) in [4.78, 5) is 25.5. The van der Waals surface area contributed by atoms with Crippen LogP contribution >= 0.6 is 11.3 Å². The van der Waals surface area contributed by atoms with Gasteiger partial charge in [0, 0.05) is 12.6 Å². The molecule has 3 aromatic rings. The van der Waals surface area contributed by atoms with E-state index in [0.717, 1.165) is 29.7 Å². The summed E-state index contributed by atoms with van der Waals surface area (Å²) in [7, 11) is 0. The smallest absolute Gasteiger partial charge is 0.371 e. The van der Waals surface area contributed by atoms with Crippen molar-refractivity contribution in [1.29, 1.82) is 0 Å². The Morgan fingerprint density at radius 3 is 3.00 bits per heavy atom. The van der Waals surface area contributed by atoms with E-state index in [1.807, 2.05) is 35.1 Å². The molecule has 28 heavy (non-hydrogen) atoms. The van der Waals surface area contributed by atoms with Crippen molar-refractivity contribution in [3.05, 3.63) is 34.6 Å². The lowest BCUT2D eigenvalue weighted by atomic mass is 10.2. The van der Waals surface area contributed by atoms with Crippen LogP contribution in [0, 0.1) is 0 Å². The molecule has 8 nitrogen and oxygen atoms in total. The van der Waals surface area contributed by atoms with Crippen LogP contribution in [0.1, 0.15) is 6.42 Å². The molecular formula is C19H21N6O2S+. The molecule has 3 N–H and O–H groups in total. The number of nitrogens with zero attached hydrogens (tertiary/aromatic N) is 3. The van der Waals surface area contributed by atoms with E-state index in [4.69, 9.17) is 9.72 Å². The standard InChI is InChI=1S/C19H20N6O2S/c26-17-15(18-22-13-3-1-2-4-14(13)28-18)16(21-12-5-6-20-11-12)23-19(24-17)25-7-9-27-10-8-25/h1-4,7,12,20H,5-6,8-11H2,(H-,21,22,23,24,26)/p+1. The number of thiazole rings is 1. The SMILES string of the molecule is O=c1[nH]c([N+]2=CCOCC2)nc(NC2CCNC2)c1-c1nc2ccccc2s1. The van der Waals surface area contributed by atoms with Crippen LogP contribution in [0.25, 0.3) is 20.8 Å². The molecule has 1 fully saturated rings. The minimum Gasteiger partial charge on any atom is -0.371 e. The molecule has 9 heteroatoms. The Kier molecular flexibility index (Phi) is 4.63. The average molecular weight is 397 g/mol. The quantitative estimate of drug-likeness (QED) is 0.579. The molecule has 0 amide bonds. The Hall–Kier alpha value is -2.62. The number of aromatic nitrogens is 3. The molecule has 1 unspecified atom stereocenters. The van der Waals surface area contributed by atoms with Gasteiger partial charge in [-0.05, 0) is 25.1 Å². The molecule has 0 aliphatic carbocycles. The van der Waals surface area contributed by atoms with Crippen LogP contribution < -0.4 is 16.2 Å². The summed E-state index contributed by atoms with van der Waals surface area (Å²) in [6.07, 6.45) is 2.90. The number of fused-ring (bicyclic) bond motifs is 1. The number of anilines is 1. The van der Waals surface area contributed by atoms with Gasteiger partial charge in [-0.3, -0.25) is 4.79 Å². The highest BCUT2D eigenvalue weighted by molar-refractivity contribution is 7.21. The fourth-order valence-electron chi connectivity index (χ4n) is 3.52. The summed E-state index contributed by atoms with van der Waals surface area (Å²) in [6, 6.07) is 8.15.